The van der Waals surface area contributed by atoms with Gasteiger partial charge in [-0.2, -0.15) is 4.31 Å². The molecule has 2 heterocycles. The van der Waals surface area contributed by atoms with Crippen LogP contribution in [0.1, 0.15) is 19.8 Å². The van der Waals surface area contributed by atoms with Gasteiger partial charge in [-0.3, -0.25) is 9.69 Å². The minimum absolute atomic E-state index is 0.0935. The van der Waals surface area contributed by atoms with Gasteiger partial charge in [0.05, 0.1) is 18.1 Å². The van der Waals surface area contributed by atoms with Crippen LogP contribution in [0, 0.1) is 11.6 Å². The minimum atomic E-state index is -3.94. The Morgan fingerprint density at radius 2 is 1.93 bits per heavy atom. The number of hydrogen-bond acceptors (Lipinski definition) is 5. The third-order valence-electron chi connectivity index (χ3n) is 5.48. The Bertz CT molecular complexity index is 831. The van der Waals surface area contributed by atoms with Crippen LogP contribution in [0.15, 0.2) is 23.1 Å². The van der Waals surface area contributed by atoms with Gasteiger partial charge < -0.3 is 9.64 Å². The molecule has 0 spiro atoms. The number of nitrogens with zero attached hydrogens (tertiary/aromatic N) is 3. The summed E-state index contributed by atoms with van der Waals surface area (Å²) in [7, 11) is -3.94. The van der Waals surface area contributed by atoms with Crippen LogP contribution >= 0.6 is 0 Å². The lowest BCUT2D eigenvalue weighted by molar-refractivity contribution is -0.131. The highest BCUT2D eigenvalue weighted by Gasteiger charge is 2.36. The first-order chi connectivity index (χ1) is 13.8. The summed E-state index contributed by atoms with van der Waals surface area (Å²) < 4.78 is 58.7. The van der Waals surface area contributed by atoms with E-state index in [0.717, 1.165) is 51.4 Å². The van der Waals surface area contributed by atoms with E-state index in [2.05, 4.69) is 4.90 Å². The van der Waals surface area contributed by atoms with Crippen LogP contribution in [0.3, 0.4) is 0 Å². The first kappa shape index (κ1) is 22.1. The van der Waals surface area contributed by atoms with Gasteiger partial charge >= 0.3 is 0 Å². The quantitative estimate of drug-likeness (QED) is 0.651. The van der Waals surface area contributed by atoms with E-state index in [4.69, 9.17) is 4.74 Å². The third kappa shape index (κ3) is 5.30. The highest BCUT2D eigenvalue weighted by Crippen LogP contribution is 2.25. The van der Waals surface area contributed by atoms with E-state index in [1.165, 1.54) is 11.2 Å². The number of halogens is 2. The summed E-state index contributed by atoms with van der Waals surface area (Å²) >= 11 is 0. The molecule has 0 N–H and O–H groups in total. The van der Waals surface area contributed by atoms with Crippen LogP contribution in [-0.4, -0.2) is 87.0 Å². The summed E-state index contributed by atoms with van der Waals surface area (Å²) in [5.74, 6) is -2.38. The van der Waals surface area contributed by atoms with Gasteiger partial charge in [0, 0.05) is 52.2 Å². The third-order valence-corrected chi connectivity index (χ3v) is 7.34. The molecule has 162 valence electrons. The summed E-state index contributed by atoms with van der Waals surface area (Å²) in [6, 6.07) is 2.34. The molecule has 0 radical (unpaired) electrons. The summed E-state index contributed by atoms with van der Waals surface area (Å²) in [6.45, 7) is 6.48. The highest BCUT2D eigenvalue weighted by atomic mass is 32.2. The van der Waals surface area contributed by atoms with E-state index < -0.39 is 21.7 Å². The molecule has 0 aliphatic carbocycles. The van der Waals surface area contributed by atoms with Crippen LogP contribution in [0.2, 0.25) is 0 Å². The lowest BCUT2D eigenvalue weighted by Gasteiger charge is -2.30. The maximum atomic E-state index is 13.5. The number of carbonyl (C=O) groups excluding carboxylic acids is 1. The van der Waals surface area contributed by atoms with E-state index in [1.54, 1.807) is 4.90 Å². The van der Waals surface area contributed by atoms with Crippen molar-refractivity contribution in [3.63, 3.8) is 0 Å². The number of ether oxygens (including phenoxy) is 1. The van der Waals surface area contributed by atoms with Gasteiger partial charge in [-0.15, -0.1) is 0 Å². The molecule has 1 amide bonds. The molecular weight excluding hydrogens is 404 g/mol. The Kier molecular flexibility index (Phi) is 7.20. The van der Waals surface area contributed by atoms with E-state index >= 15 is 0 Å². The molecule has 0 saturated carbocycles. The number of carbonyl (C=O) groups is 1. The SMILES string of the molecule is CC(=O)N(CCCN1CCOCC1)[C@H]1CCN(S(=O)(=O)c2ccc(F)c(F)c2)C1. The Labute approximate surface area is 170 Å². The van der Waals surface area contributed by atoms with E-state index in [-0.39, 0.29) is 29.9 Å². The number of hydrogen-bond donors (Lipinski definition) is 0. The molecule has 2 aliphatic rings. The lowest BCUT2D eigenvalue weighted by Crippen LogP contribution is -2.43. The second-order valence-corrected chi connectivity index (χ2v) is 9.34. The van der Waals surface area contributed by atoms with Gasteiger partial charge in [-0.05, 0) is 31.0 Å². The van der Waals surface area contributed by atoms with Crippen molar-refractivity contribution in [2.45, 2.75) is 30.7 Å². The van der Waals surface area contributed by atoms with E-state index in [0.29, 0.717) is 19.0 Å². The fourth-order valence-electron chi connectivity index (χ4n) is 3.86. The molecule has 1 aromatic rings. The molecule has 2 fully saturated rings. The Hall–Kier alpha value is -1.62. The molecule has 10 heteroatoms. The molecule has 7 nitrogen and oxygen atoms in total. The van der Waals surface area contributed by atoms with Gasteiger partial charge in [0.1, 0.15) is 0 Å². The second kappa shape index (κ2) is 9.46. The molecule has 0 unspecified atom stereocenters. The Morgan fingerprint density at radius 3 is 2.59 bits per heavy atom. The monoisotopic (exact) mass is 431 g/mol. The number of morpholine rings is 1. The Morgan fingerprint density at radius 1 is 1.21 bits per heavy atom. The van der Waals surface area contributed by atoms with Gasteiger partial charge in [0.25, 0.3) is 0 Å². The summed E-state index contributed by atoms with van der Waals surface area (Å²) in [6.07, 6.45) is 1.31. The van der Waals surface area contributed by atoms with Crippen LogP contribution in [-0.2, 0) is 19.6 Å². The van der Waals surface area contributed by atoms with Gasteiger partial charge in [-0.1, -0.05) is 0 Å². The standard InChI is InChI=1S/C19H27F2N3O4S/c1-15(25)24(7-2-6-22-9-11-28-12-10-22)16-5-8-23(14-16)29(26,27)17-3-4-18(20)19(21)13-17/h3-4,13,16H,2,5-12,14H2,1H3/t16-/m0/s1. The highest BCUT2D eigenvalue weighted by molar-refractivity contribution is 7.89. The zero-order chi connectivity index (χ0) is 21.0. The fraction of sp³-hybridized carbons (Fsp3) is 0.632. The van der Waals surface area contributed by atoms with Gasteiger partial charge in [0.2, 0.25) is 15.9 Å². The van der Waals surface area contributed by atoms with Crippen molar-refractivity contribution in [2.24, 2.45) is 0 Å². The number of benzene rings is 1. The van der Waals surface area contributed by atoms with Crippen molar-refractivity contribution in [3.05, 3.63) is 29.8 Å². The normalized spacial score (nSPS) is 21.4. The number of sulfonamides is 1. The van der Waals surface area contributed by atoms with Crippen LogP contribution in [0.25, 0.3) is 0 Å². The lowest BCUT2D eigenvalue weighted by atomic mass is 10.2. The van der Waals surface area contributed by atoms with Crippen molar-refractivity contribution < 1.29 is 26.7 Å². The molecule has 29 heavy (non-hydrogen) atoms. The topological polar surface area (TPSA) is 70.2 Å². The van der Waals surface area contributed by atoms with Crippen molar-refractivity contribution >= 4 is 15.9 Å². The predicted molar refractivity (Wildman–Crippen MR) is 103 cm³/mol. The zero-order valence-corrected chi connectivity index (χ0v) is 17.3. The van der Waals surface area contributed by atoms with E-state index in [1.807, 2.05) is 0 Å². The number of amides is 1. The predicted octanol–water partition coefficient (Wildman–Crippen LogP) is 1.30. The second-order valence-electron chi connectivity index (χ2n) is 7.40. The average molecular weight is 432 g/mol. The van der Waals surface area contributed by atoms with E-state index in [9.17, 15) is 22.0 Å². The van der Waals surface area contributed by atoms with Crippen LogP contribution in [0.5, 0.6) is 0 Å². The summed E-state index contributed by atoms with van der Waals surface area (Å²) in [5, 5.41) is 0. The smallest absolute Gasteiger partial charge is 0.243 e. The fourth-order valence-corrected chi connectivity index (χ4v) is 5.36. The molecule has 1 atom stereocenters. The molecular formula is C19H27F2N3O4S. The minimum Gasteiger partial charge on any atom is -0.379 e. The first-order valence-electron chi connectivity index (χ1n) is 9.81. The maximum Gasteiger partial charge on any atom is 0.243 e. The van der Waals surface area contributed by atoms with Crippen molar-refractivity contribution in [1.29, 1.82) is 0 Å². The average Bonchev–Trinajstić information content (AvgIpc) is 3.18. The largest absolute Gasteiger partial charge is 0.379 e. The Balaban J connectivity index is 1.60. The summed E-state index contributed by atoms with van der Waals surface area (Å²) in [4.78, 5) is 15.9. The molecule has 3 rings (SSSR count). The van der Waals surface area contributed by atoms with Crippen LogP contribution in [0.4, 0.5) is 8.78 Å². The zero-order valence-electron chi connectivity index (χ0n) is 16.5. The maximum absolute atomic E-state index is 13.5. The molecule has 1 aromatic carbocycles. The van der Waals surface area contributed by atoms with Crippen molar-refractivity contribution in [3.8, 4) is 0 Å². The van der Waals surface area contributed by atoms with Gasteiger partial charge in [-0.25, -0.2) is 17.2 Å². The molecule has 0 aromatic heterocycles. The first-order valence-corrected chi connectivity index (χ1v) is 11.3. The number of rotatable bonds is 7. The molecule has 2 aliphatic heterocycles. The van der Waals surface area contributed by atoms with Crippen molar-refractivity contribution in [1.82, 2.24) is 14.1 Å². The molecule has 2 saturated heterocycles. The van der Waals surface area contributed by atoms with Crippen molar-refractivity contribution in [2.75, 3.05) is 52.5 Å². The molecule has 0 bridgehead atoms. The summed E-state index contributed by atoms with van der Waals surface area (Å²) in [5.41, 5.74) is 0. The van der Waals surface area contributed by atoms with Crippen LogP contribution < -0.4 is 0 Å². The van der Waals surface area contributed by atoms with Gasteiger partial charge in [0.15, 0.2) is 11.6 Å².